The molecule has 3 rings (SSSR count). The zero-order valence-corrected chi connectivity index (χ0v) is 13.5. The first-order valence-electron chi connectivity index (χ1n) is 8.29. The predicted molar refractivity (Wildman–Crippen MR) is 85.7 cm³/mol. The number of likely N-dealkylation sites (tertiary alicyclic amines) is 1. The average Bonchev–Trinajstić information content (AvgIpc) is 3.04. The molecule has 0 aromatic heterocycles. The second-order valence-electron chi connectivity index (χ2n) is 6.44. The number of amides is 1. The van der Waals surface area contributed by atoms with Gasteiger partial charge in [0.05, 0.1) is 7.11 Å². The van der Waals surface area contributed by atoms with Crippen molar-refractivity contribution in [1.82, 2.24) is 4.90 Å². The number of carboxylic acids is 1. The van der Waals surface area contributed by atoms with E-state index >= 15 is 0 Å². The lowest BCUT2D eigenvalue weighted by molar-refractivity contribution is -0.148. The van der Waals surface area contributed by atoms with Gasteiger partial charge in [-0.3, -0.25) is 4.79 Å². The summed E-state index contributed by atoms with van der Waals surface area (Å²) >= 11 is 0. The summed E-state index contributed by atoms with van der Waals surface area (Å²) in [5.74, 6) is 0.126. The first kappa shape index (κ1) is 15.8. The zero-order chi connectivity index (χ0) is 16.4. The largest absolute Gasteiger partial charge is 0.497 e. The summed E-state index contributed by atoms with van der Waals surface area (Å²) in [6.07, 6.45) is 4.81. The molecule has 1 saturated heterocycles. The van der Waals surface area contributed by atoms with Crippen LogP contribution in [0.1, 0.15) is 49.1 Å². The molecule has 23 heavy (non-hydrogen) atoms. The van der Waals surface area contributed by atoms with Gasteiger partial charge < -0.3 is 14.7 Å². The van der Waals surface area contributed by atoms with Crippen molar-refractivity contribution in [1.29, 1.82) is 0 Å². The van der Waals surface area contributed by atoms with Crippen molar-refractivity contribution in [3.63, 3.8) is 0 Å². The van der Waals surface area contributed by atoms with E-state index in [1.165, 1.54) is 11.1 Å². The summed E-state index contributed by atoms with van der Waals surface area (Å²) in [5, 5.41) is 9.25. The quantitative estimate of drug-likeness (QED) is 0.927. The highest BCUT2D eigenvalue weighted by Crippen LogP contribution is 2.36. The Balaban J connectivity index is 1.74. The number of hydrogen-bond acceptors (Lipinski definition) is 3. The van der Waals surface area contributed by atoms with E-state index in [-0.39, 0.29) is 11.8 Å². The maximum Gasteiger partial charge on any atom is 0.326 e. The van der Waals surface area contributed by atoms with Crippen LogP contribution in [0.4, 0.5) is 0 Å². The van der Waals surface area contributed by atoms with Gasteiger partial charge in [-0.15, -0.1) is 0 Å². The van der Waals surface area contributed by atoms with E-state index in [0.29, 0.717) is 19.4 Å². The van der Waals surface area contributed by atoms with E-state index in [4.69, 9.17) is 4.74 Å². The van der Waals surface area contributed by atoms with Gasteiger partial charge in [0.25, 0.3) is 0 Å². The summed E-state index contributed by atoms with van der Waals surface area (Å²) in [6, 6.07) is 5.42. The van der Waals surface area contributed by atoms with Crippen LogP contribution in [0.2, 0.25) is 0 Å². The van der Waals surface area contributed by atoms with Crippen molar-refractivity contribution in [2.45, 2.75) is 50.5 Å². The second kappa shape index (κ2) is 6.60. The van der Waals surface area contributed by atoms with Crippen molar-refractivity contribution < 1.29 is 19.4 Å². The lowest BCUT2D eigenvalue weighted by Gasteiger charge is -2.28. The van der Waals surface area contributed by atoms with Crippen LogP contribution in [0, 0.1) is 0 Å². The Morgan fingerprint density at radius 1 is 1.30 bits per heavy atom. The SMILES string of the molecule is COc1ccc2c(c1)CCCC2CC(=O)N1CCC[C@@H]1C(=O)O. The fourth-order valence-corrected chi connectivity index (χ4v) is 3.88. The van der Waals surface area contributed by atoms with Gasteiger partial charge in [-0.25, -0.2) is 4.79 Å². The van der Waals surface area contributed by atoms with Gasteiger partial charge in [0, 0.05) is 13.0 Å². The Bertz CT molecular complexity index is 613. The van der Waals surface area contributed by atoms with E-state index in [2.05, 4.69) is 12.1 Å². The molecule has 2 atom stereocenters. The molecule has 1 N–H and O–H groups in total. The summed E-state index contributed by atoms with van der Waals surface area (Å²) < 4.78 is 5.28. The number of carbonyl (C=O) groups excluding carboxylic acids is 1. The number of ether oxygens (including phenoxy) is 1. The van der Waals surface area contributed by atoms with Crippen molar-refractivity contribution in [3.05, 3.63) is 29.3 Å². The first-order chi connectivity index (χ1) is 11.1. The third-order valence-electron chi connectivity index (χ3n) is 5.07. The third kappa shape index (κ3) is 3.19. The smallest absolute Gasteiger partial charge is 0.326 e. The maximum absolute atomic E-state index is 12.6. The molecule has 2 aliphatic rings. The molecule has 0 saturated carbocycles. The molecule has 1 aliphatic carbocycles. The van der Waals surface area contributed by atoms with Crippen molar-refractivity contribution >= 4 is 11.9 Å². The second-order valence-corrected chi connectivity index (χ2v) is 6.44. The molecule has 1 aliphatic heterocycles. The Morgan fingerprint density at radius 2 is 2.13 bits per heavy atom. The van der Waals surface area contributed by atoms with Crippen LogP contribution in [0.3, 0.4) is 0 Å². The van der Waals surface area contributed by atoms with Gasteiger partial charge >= 0.3 is 5.97 Å². The molecule has 1 aromatic carbocycles. The lowest BCUT2D eigenvalue weighted by Crippen LogP contribution is -2.41. The minimum atomic E-state index is -0.885. The maximum atomic E-state index is 12.6. The highest BCUT2D eigenvalue weighted by molar-refractivity contribution is 5.84. The molecule has 1 fully saturated rings. The van der Waals surface area contributed by atoms with E-state index in [9.17, 15) is 14.7 Å². The number of carbonyl (C=O) groups is 2. The average molecular weight is 317 g/mol. The fraction of sp³-hybridized carbons (Fsp3) is 0.556. The normalized spacial score (nSPS) is 23.4. The topological polar surface area (TPSA) is 66.8 Å². The van der Waals surface area contributed by atoms with Crippen LogP contribution in [0.25, 0.3) is 0 Å². The Morgan fingerprint density at radius 3 is 2.87 bits per heavy atom. The molecule has 5 nitrogen and oxygen atoms in total. The molecule has 0 radical (unpaired) electrons. The highest BCUT2D eigenvalue weighted by atomic mass is 16.5. The molecule has 1 aromatic rings. The number of benzene rings is 1. The van der Waals surface area contributed by atoms with Crippen LogP contribution in [-0.4, -0.2) is 41.6 Å². The van der Waals surface area contributed by atoms with E-state index in [0.717, 1.165) is 31.4 Å². The van der Waals surface area contributed by atoms with Gasteiger partial charge in [-0.05, 0) is 61.3 Å². The number of nitrogens with zero attached hydrogens (tertiary/aromatic N) is 1. The molecule has 1 heterocycles. The van der Waals surface area contributed by atoms with Crippen LogP contribution in [0.5, 0.6) is 5.75 Å². The van der Waals surface area contributed by atoms with Gasteiger partial charge in [0.1, 0.15) is 11.8 Å². The fourth-order valence-electron chi connectivity index (χ4n) is 3.88. The highest BCUT2D eigenvalue weighted by Gasteiger charge is 2.35. The first-order valence-corrected chi connectivity index (χ1v) is 8.29. The number of hydrogen-bond donors (Lipinski definition) is 1. The third-order valence-corrected chi connectivity index (χ3v) is 5.07. The van der Waals surface area contributed by atoms with Gasteiger partial charge in [-0.1, -0.05) is 6.07 Å². The molecule has 5 heteroatoms. The lowest BCUT2D eigenvalue weighted by atomic mass is 9.80. The van der Waals surface area contributed by atoms with Gasteiger partial charge in [0.2, 0.25) is 5.91 Å². The van der Waals surface area contributed by atoms with Crippen LogP contribution in [0.15, 0.2) is 18.2 Å². The van der Waals surface area contributed by atoms with Gasteiger partial charge in [0.15, 0.2) is 0 Å². The summed E-state index contributed by atoms with van der Waals surface area (Å²) in [6.45, 7) is 0.567. The number of methoxy groups -OCH3 is 1. The van der Waals surface area contributed by atoms with E-state index in [1.54, 1.807) is 12.0 Å². The molecule has 124 valence electrons. The Kier molecular flexibility index (Phi) is 4.55. The molecule has 1 amide bonds. The minimum Gasteiger partial charge on any atom is -0.497 e. The molecule has 1 unspecified atom stereocenters. The van der Waals surface area contributed by atoms with Crippen molar-refractivity contribution in [2.75, 3.05) is 13.7 Å². The molecule has 0 spiro atoms. The number of aliphatic carboxylic acids is 1. The molecular formula is C18H23NO4. The van der Waals surface area contributed by atoms with Crippen LogP contribution < -0.4 is 4.74 Å². The van der Waals surface area contributed by atoms with E-state index in [1.807, 2.05) is 6.07 Å². The number of carboxylic acid groups (broad SMARTS) is 1. The zero-order valence-electron chi connectivity index (χ0n) is 13.5. The summed E-state index contributed by atoms with van der Waals surface area (Å²) in [4.78, 5) is 25.4. The number of rotatable bonds is 4. The number of fused-ring (bicyclic) bond motifs is 1. The monoisotopic (exact) mass is 317 g/mol. The molecular weight excluding hydrogens is 294 g/mol. The molecule has 0 bridgehead atoms. The summed E-state index contributed by atoms with van der Waals surface area (Å²) in [5.41, 5.74) is 2.47. The van der Waals surface area contributed by atoms with Gasteiger partial charge in [-0.2, -0.15) is 0 Å². The summed E-state index contributed by atoms with van der Waals surface area (Å²) in [7, 11) is 1.66. The Labute approximate surface area is 136 Å². The van der Waals surface area contributed by atoms with Crippen LogP contribution in [-0.2, 0) is 16.0 Å². The van der Waals surface area contributed by atoms with Crippen LogP contribution >= 0.6 is 0 Å². The predicted octanol–water partition coefficient (Wildman–Crippen LogP) is 2.58. The van der Waals surface area contributed by atoms with Crippen molar-refractivity contribution in [3.8, 4) is 5.75 Å². The Hall–Kier alpha value is -2.04. The minimum absolute atomic E-state index is 0.0245. The standard InChI is InChI=1S/C18H23NO4/c1-23-14-7-8-15-12(10-14)4-2-5-13(15)11-17(20)19-9-3-6-16(19)18(21)22/h7-8,10,13,16H,2-6,9,11H2,1H3,(H,21,22)/t13?,16-/m1/s1. The van der Waals surface area contributed by atoms with Crippen molar-refractivity contribution in [2.24, 2.45) is 0 Å². The number of aryl methyl sites for hydroxylation is 1. The van der Waals surface area contributed by atoms with E-state index < -0.39 is 12.0 Å².